The SMILES string of the molecule is NC1CN(C(=O)c2cc(-c3ccncc3)n[nH]2)C1. The first-order valence-electron chi connectivity index (χ1n) is 5.74. The number of nitrogens with zero attached hydrogens (tertiary/aromatic N) is 3. The normalized spacial score (nSPS) is 15.5. The van der Waals surface area contributed by atoms with Gasteiger partial charge in [-0.3, -0.25) is 14.9 Å². The molecule has 0 atom stereocenters. The third-order valence-electron chi connectivity index (χ3n) is 2.98. The van der Waals surface area contributed by atoms with Gasteiger partial charge >= 0.3 is 0 Å². The summed E-state index contributed by atoms with van der Waals surface area (Å²) in [6.45, 7) is 1.23. The first-order chi connectivity index (χ1) is 8.74. The lowest BCUT2D eigenvalue weighted by Gasteiger charge is -2.36. The van der Waals surface area contributed by atoms with Gasteiger partial charge in [-0.1, -0.05) is 0 Å². The summed E-state index contributed by atoms with van der Waals surface area (Å²) in [5.41, 5.74) is 7.82. The molecule has 6 heteroatoms. The van der Waals surface area contributed by atoms with E-state index in [1.165, 1.54) is 0 Å². The van der Waals surface area contributed by atoms with Gasteiger partial charge in [-0.05, 0) is 18.2 Å². The molecule has 0 radical (unpaired) electrons. The maximum Gasteiger partial charge on any atom is 0.271 e. The molecule has 1 fully saturated rings. The number of hydrogen-bond acceptors (Lipinski definition) is 4. The average molecular weight is 243 g/mol. The van der Waals surface area contributed by atoms with Gasteiger partial charge in [0.2, 0.25) is 0 Å². The molecule has 2 aromatic rings. The van der Waals surface area contributed by atoms with Gasteiger partial charge in [-0.15, -0.1) is 0 Å². The van der Waals surface area contributed by atoms with Gasteiger partial charge in [-0.25, -0.2) is 0 Å². The van der Waals surface area contributed by atoms with Crippen molar-refractivity contribution in [3.05, 3.63) is 36.3 Å². The van der Waals surface area contributed by atoms with Crippen molar-refractivity contribution in [2.45, 2.75) is 6.04 Å². The van der Waals surface area contributed by atoms with E-state index in [0.29, 0.717) is 18.8 Å². The van der Waals surface area contributed by atoms with Gasteiger partial charge in [0, 0.05) is 37.1 Å². The maximum absolute atomic E-state index is 12.0. The summed E-state index contributed by atoms with van der Waals surface area (Å²) in [5.74, 6) is -0.0514. The standard InChI is InChI=1S/C12H13N5O/c13-9-6-17(7-9)12(18)11-5-10(15-16-11)8-1-3-14-4-2-8/h1-5,9H,6-7,13H2,(H,15,16). The minimum absolute atomic E-state index is 0.0514. The third-order valence-corrected chi connectivity index (χ3v) is 2.98. The minimum atomic E-state index is -0.0514. The number of rotatable bonds is 2. The van der Waals surface area contributed by atoms with E-state index in [9.17, 15) is 4.79 Å². The van der Waals surface area contributed by atoms with Crippen molar-refractivity contribution >= 4 is 5.91 Å². The number of pyridine rings is 1. The Hall–Kier alpha value is -2.21. The van der Waals surface area contributed by atoms with Crippen LogP contribution >= 0.6 is 0 Å². The van der Waals surface area contributed by atoms with Crippen LogP contribution in [0.5, 0.6) is 0 Å². The molecule has 0 aromatic carbocycles. The highest BCUT2D eigenvalue weighted by molar-refractivity contribution is 5.94. The van der Waals surface area contributed by atoms with Crippen LogP contribution in [0.4, 0.5) is 0 Å². The topological polar surface area (TPSA) is 87.9 Å². The molecule has 3 heterocycles. The van der Waals surface area contributed by atoms with Crippen LogP contribution in [0, 0.1) is 0 Å². The van der Waals surface area contributed by atoms with Crippen LogP contribution in [0.1, 0.15) is 10.5 Å². The molecular formula is C12H13N5O. The zero-order valence-corrected chi connectivity index (χ0v) is 9.71. The number of carbonyl (C=O) groups is 1. The average Bonchev–Trinajstić information content (AvgIpc) is 2.85. The maximum atomic E-state index is 12.0. The highest BCUT2D eigenvalue weighted by atomic mass is 16.2. The van der Waals surface area contributed by atoms with Crippen LogP contribution in [0.15, 0.2) is 30.6 Å². The Morgan fingerprint density at radius 2 is 2.11 bits per heavy atom. The molecule has 0 unspecified atom stereocenters. The van der Waals surface area contributed by atoms with E-state index in [1.807, 2.05) is 12.1 Å². The van der Waals surface area contributed by atoms with Crippen molar-refractivity contribution in [2.24, 2.45) is 5.73 Å². The van der Waals surface area contributed by atoms with Crippen molar-refractivity contribution in [1.82, 2.24) is 20.1 Å². The fourth-order valence-corrected chi connectivity index (χ4v) is 1.95. The molecule has 3 rings (SSSR count). The Bertz CT molecular complexity index is 559. The third kappa shape index (κ3) is 1.86. The molecule has 1 saturated heterocycles. The lowest BCUT2D eigenvalue weighted by atomic mass is 10.1. The van der Waals surface area contributed by atoms with Crippen molar-refractivity contribution in [3.63, 3.8) is 0 Å². The van der Waals surface area contributed by atoms with E-state index >= 15 is 0 Å². The molecular weight excluding hydrogens is 230 g/mol. The summed E-state index contributed by atoms with van der Waals surface area (Å²) in [6, 6.07) is 5.56. The first-order valence-corrected chi connectivity index (χ1v) is 5.74. The van der Waals surface area contributed by atoms with Crippen LogP contribution in [-0.2, 0) is 0 Å². The number of likely N-dealkylation sites (tertiary alicyclic amines) is 1. The molecule has 0 aliphatic carbocycles. The molecule has 2 aromatic heterocycles. The molecule has 1 aliphatic heterocycles. The predicted octanol–water partition coefficient (Wildman–Crippen LogP) is 0.255. The number of amides is 1. The van der Waals surface area contributed by atoms with E-state index in [1.54, 1.807) is 23.4 Å². The van der Waals surface area contributed by atoms with Gasteiger partial charge in [-0.2, -0.15) is 5.10 Å². The van der Waals surface area contributed by atoms with E-state index < -0.39 is 0 Å². The second-order valence-corrected chi connectivity index (χ2v) is 4.37. The van der Waals surface area contributed by atoms with Crippen molar-refractivity contribution < 1.29 is 4.79 Å². The number of H-pyrrole nitrogens is 1. The molecule has 92 valence electrons. The Morgan fingerprint density at radius 1 is 1.39 bits per heavy atom. The zero-order valence-electron chi connectivity index (χ0n) is 9.71. The van der Waals surface area contributed by atoms with E-state index in [-0.39, 0.29) is 11.9 Å². The zero-order chi connectivity index (χ0) is 12.5. The number of nitrogens with one attached hydrogen (secondary N) is 1. The summed E-state index contributed by atoms with van der Waals surface area (Å²) in [4.78, 5) is 17.7. The highest BCUT2D eigenvalue weighted by Crippen LogP contribution is 2.18. The van der Waals surface area contributed by atoms with Crippen molar-refractivity contribution in [2.75, 3.05) is 13.1 Å². The summed E-state index contributed by atoms with van der Waals surface area (Å²) >= 11 is 0. The molecule has 18 heavy (non-hydrogen) atoms. The lowest BCUT2D eigenvalue weighted by Crippen LogP contribution is -2.57. The largest absolute Gasteiger partial charge is 0.334 e. The van der Waals surface area contributed by atoms with E-state index in [2.05, 4.69) is 15.2 Å². The van der Waals surface area contributed by atoms with Crippen LogP contribution in [0.2, 0.25) is 0 Å². The van der Waals surface area contributed by atoms with Crippen LogP contribution in [0.3, 0.4) is 0 Å². The van der Waals surface area contributed by atoms with E-state index in [0.717, 1.165) is 11.3 Å². The number of nitrogens with two attached hydrogens (primary N) is 1. The summed E-state index contributed by atoms with van der Waals surface area (Å²) in [6.07, 6.45) is 3.39. The summed E-state index contributed by atoms with van der Waals surface area (Å²) < 4.78 is 0. The second kappa shape index (κ2) is 4.23. The lowest BCUT2D eigenvalue weighted by molar-refractivity contribution is 0.0602. The molecule has 1 amide bonds. The number of carbonyl (C=O) groups excluding carboxylic acids is 1. The Labute approximate surface area is 104 Å². The molecule has 1 aliphatic rings. The van der Waals surface area contributed by atoms with Gasteiger partial charge in [0.25, 0.3) is 5.91 Å². The van der Waals surface area contributed by atoms with Gasteiger partial charge in [0.15, 0.2) is 0 Å². The Morgan fingerprint density at radius 3 is 2.78 bits per heavy atom. The van der Waals surface area contributed by atoms with Crippen molar-refractivity contribution in [3.8, 4) is 11.3 Å². The second-order valence-electron chi connectivity index (χ2n) is 4.37. The Kier molecular flexibility index (Phi) is 2.56. The van der Waals surface area contributed by atoms with Gasteiger partial charge in [0.05, 0.1) is 5.69 Å². The Balaban J connectivity index is 1.80. The fraction of sp³-hybridized carbons (Fsp3) is 0.250. The van der Waals surface area contributed by atoms with Crippen molar-refractivity contribution in [1.29, 1.82) is 0 Å². The van der Waals surface area contributed by atoms with Gasteiger partial charge < -0.3 is 10.6 Å². The van der Waals surface area contributed by atoms with Crippen LogP contribution < -0.4 is 5.73 Å². The van der Waals surface area contributed by atoms with Crippen LogP contribution in [0.25, 0.3) is 11.3 Å². The van der Waals surface area contributed by atoms with Crippen LogP contribution in [-0.4, -0.2) is 45.1 Å². The quantitative estimate of drug-likeness (QED) is 0.791. The van der Waals surface area contributed by atoms with Gasteiger partial charge in [0.1, 0.15) is 5.69 Å². The number of aromatic amines is 1. The monoisotopic (exact) mass is 243 g/mol. The number of hydrogen-bond donors (Lipinski definition) is 2. The molecule has 0 saturated carbocycles. The smallest absolute Gasteiger partial charge is 0.271 e. The number of aromatic nitrogens is 3. The fourth-order valence-electron chi connectivity index (χ4n) is 1.95. The molecule has 0 spiro atoms. The predicted molar refractivity (Wildman–Crippen MR) is 65.7 cm³/mol. The molecule has 3 N–H and O–H groups in total. The molecule has 6 nitrogen and oxygen atoms in total. The minimum Gasteiger partial charge on any atom is -0.334 e. The summed E-state index contributed by atoms with van der Waals surface area (Å²) in [5, 5.41) is 6.90. The summed E-state index contributed by atoms with van der Waals surface area (Å²) in [7, 11) is 0. The highest BCUT2D eigenvalue weighted by Gasteiger charge is 2.29. The van der Waals surface area contributed by atoms with E-state index in [4.69, 9.17) is 5.73 Å². The molecule has 0 bridgehead atoms. The first kappa shape index (κ1) is 10.9.